The van der Waals surface area contributed by atoms with E-state index >= 15 is 0 Å². The van der Waals surface area contributed by atoms with Gasteiger partial charge >= 0.3 is 0 Å². The van der Waals surface area contributed by atoms with Crippen LogP contribution in [0.3, 0.4) is 0 Å². The van der Waals surface area contributed by atoms with E-state index in [1.807, 2.05) is 42.5 Å². The summed E-state index contributed by atoms with van der Waals surface area (Å²) >= 11 is 1.47. The molecule has 3 aromatic carbocycles. The molecule has 3 aromatic rings. The number of rotatable bonds is 8. The summed E-state index contributed by atoms with van der Waals surface area (Å²) in [6.07, 6.45) is 0. The van der Waals surface area contributed by atoms with Gasteiger partial charge in [0.1, 0.15) is 0 Å². The number of benzene rings is 3. The lowest BCUT2D eigenvalue weighted by Gasteiger charge is -2.09. The number of thioether (sulfide) groups is 1. The molecule has 0 aliphatic rings. The zero-order chi connectivity index (χ0) is 21.3. The maximum atomic E-state index is 12.3. The Bertz CT molecular complexity index is 1030. The molecule has 0 radical (unpaired) electrons. The van der Waals surface area contributed by atoms with Gasteiger partial charge in [0.25, 0.3) is 5.91 Å². The molecule has 152 valence electrons. The molecule has 0 aliphatic heterocycles. The van der Waals surface area contributed by atoms with Crippen molar-refractivity contribution in [2.24, 2.45) is 0 Å². The molecule has 0 heterocycles. The molecule has 0 aromatic heterocycles. The van der Waals surface area contributed by atoms with Crippen LogP contribution in [-0.2, 0) is 10.5 Å². The predicted octanol–water partition coefficient (Wildman–Crippen LogP) is 5.01. The standard InChI is InChI=1S/C24H22N2O3S/c1-17(27)21-9-5-6-10-22(21)26-23(28)16-30-15-18-11-13-19(14-12-18)24(29)25-20-7-3-2-4-8-20/h2-14H,15-16H2,1H3,(H,25,29)(H,26,28). The molecular formula is C24H22N2O3S. The van der Waals surface area contributed by atoms with Gasteiger partial charge in [0.15, 0.2) is 5.78 Å². The van der Waals surface area contributed by atoms with Gasteiger partial charge in [0, 0.05) is 22.6 Å². The maximum Gasteiger partial charge on any atom is 0.255 e. The molecule has 0 fully saturated rings. The summed E-state index contributed by atoms with van der Waals surface area (Å²) in [6, 6.07) is 23.6. The number of ketones is 1. The van der Waals surface area contributed by atoms with Crippen LogP contribution in [0.4, 0.5) is 11.4 Å². The Morgan fingerprint density at radius 3 is 2.17 bits per heavy atom. The van der Waals surface area contributed by atoms with E-state index in [1.54, 1.807) is 36.4 Å². The van der Waals surface area contributed by atoms with Gasteiger partial charge in [-0.3, -0.25) is 14.4 Å². The summed E-state index contributed by atoms with van der Waals surface area (Å²) in [5, 5.41) is 5.64. The van der Waals surface area contributed by atoms with Crippen LogP contribution in [-0.4, -0.2) is 23.4 Å². The van der Waals surface area contributed by atoms with E-state index < -0.39 is 0 Å². The molecule has 0 unspecified atom stereocenters. The lowest BCUT2D eigenvalue weighted by Crippen LogP contribution is -2.16. The molecule has 2 N–H and O–H groups in total. The van der Waals surface area contributed by atoms with Gasteiger partial charge in [-0.05, 0) is 48.9 Å². The molecule has 0 saturated carbocycles. The third kappa shape index (κ3) is 6.06. The third-order valence-electron chi connectivity index (χ3n) is 4.33. The van der Waals surface area contributed by atoms with Crippen molar-refractivity contribution in [1.82, 2.24) is 0 Å². The van der Waals surface area contributed by atoms with Crippen LogP contribution in [0.25, 0.3) is 0 Å². The fraction of sp³-hybridized carbons (Fsp3) is 0.125. The Kier molecular flexibility index (Phi) is 7.40. The lowest BCUT2D eigenvalue weighted by molar-refractivity contribution is -0.113. The van der Waals surface area contributed by atoms with Gasteiger partial charge in [-0.25, -0.2) is 0 Å². The molecule has 0 spiro atoms. The second-order valence-corrected chi connectivity index (χ2v) is 7.65. The van der Waals surface area contributed by atoms with Crippen LogP contribution in [0.2, 0.25) is 0 Å². The highest BCUT2D eigenvalue weighted by Gasteiger charge is 2.10. The summed E-state index contributed by atoms with van der Waals surface area (Å²) < 4.78 is 0. The van der Waals surface area contributed by atoms with Crippen LogP contribution in [0.1, 0.15) is 33.2 Å². The largest absolute Gasteiger partial charge is 0.325 e. The van der Waals surface area contributed by atoms with E-state index in [9.17, 15) is 14.4 Å². The minimum Gasteiger partial charge on any atom is -0.325 e. The summed E-state index contributed by atoms with van der Waals surface area (Å²) in [7, 11) is 0. The van der Waals surface area contributed by atoms with E-state index in [0.717, 1.165) is 11.3 Å². The number of nitrogens with one attached hydrogen (secondary N) is 2. The number of carbonyl (C=O) groups excluding carboxylic acids is 3. The minimum atomic E-state index is -0.163. The van der Waals surface area contributed by atoms with Crippen molar-refractivity contribution in [2.75, 3.05) is 16.4 Å². The number of amides is 2. The number of anilines is 2. The van der Waals surface area contributed by atoms with Crippen molar-refractivity contribution in [3.63, 3.8) is 0 Å². The average Bonchev–Trinajstić information content (AvgIpc) is 2.75. The van der Waals surface area contributed by atoms with Crippen molar-refractivity contribution in [3.8, 4) is 0 Å². The highest BCUT2D eigenvalue weighted by molar-refractivity contribution is 7.99. The molecule has 6 heteroatoms. The van der Waals surface area contributed by atoms with E-state index in [2.05, 4.69) is 10.6 Å². The first-order valence-electron chi connectivity index (χ1n) is 9.46. The van der Waals surface area contributed by atoms with Gasteiger partial charge in [-0.15, -0.1) is 11.8 Å². The topological polar surface area (TPSA) is 75.3 Å². The Hall–Kier alpha value is -3.38. The highest BCUT2D eigenvalue weighted by Crippen LogP contribution is 2.18. The van der Waals surface area contributed by atoms with Gasteiger partial charge in [-0.1, -0.05) is 42.5 Å². The third-order valence-corrected chi connectivity index (χ3v) is 5.33. The monoisotopic (exact) mass is 418 g/mol. The smallest absolute Gasteiger partial charge is 0.255 e. The quantitative estimate of drug-likeness (QED) is 0.504. The van der Waals surface area contributed by atoms with Crippen molar-refractivity contribution in [1.29, 1.82) is 0 Å². The van der Waals surface area contributed by atoms with Crippen molar-refractivity contribution < 1.29 is 14.4 Å². The van der Waals surface area contributed by atoms with E-state index in [4.69, 9.17) is 0 Å². The fourth-order valence-electron chi connectivity index (χ4n) is 2.82. The lowest BCUT2D eigenvalue weighted by atomic mass is 10.1. The van der Waals surface area contributed by atoms with E-state index in [1.165, 1.54) is 18.7 Å². The Balaban J connectivity index is 1.48. The summed E-state index contributed by atoms with van der Waals surface area (Å²) in [4.78, 5) is 36.1. The van der Waals surface area contributed by atoms with Gasteiger partial charge in [-0.2, -0.15) is 0 Å². The number of Topliss-reactive ketones (excluding diaryl/α,β-unsaturated/α-hetero) is 1. The number of carbonyl (C=O) groups is 3. The summed E-state index contributed by atoms with van der Waals surface area (Å²) in [5.41, 5.74) is 3.38. The molecule has 0 saturated heterocycles. The van der Waals surface area contributed by atoms with Crippen LogP contribution >= 0.6 is 11.8 Å². The number of hydrogen-bond acceptors (Lipinski definition) is 4. The second kappa shape index (κ2) is 10.4. The molecule has 0 bridgehead atoms. The normalized spacial score (nSPS) is 10.3. The van der Waals surface area contributed by atoms with Crippen molar-refractivity contribution >= 4 is 40.7 Å². The zero-order valence-corrected chi connectivity index (χ0v) is 17.4. The Morgan fingerprint density at radius 1 is 0.800 bits per heavy atom. The van der Waals surface area contributed by atoms with Crippen LogP contribution in [0.5, 0.6) is 0 Å². The molecule has 2 amide bonds. The van der Waals surface area contributed by atoms with E-state index in [0.29, 0.717) is 22.6 Å². The molecule has 5 nitrogen and oxygen atoms in total. The molecule has 30 heavy (non-hydrogen) atoms. The first kappa shape index (κ1) is 21.3. The average molecular weight is 419 g/mol. The SMILES string of the molecule is CC(=O)c1ccccc1NC(=O)CSCc1ccc(C(=O)Nc2ccccc2)cc1. The first-order chi connectivity index (χ1) is 14.5. The molecule has 3 rings (SSSR count). The first-order valence-corrected chi connectivity index (χ1v) is 10.6. The summed E-state index contributed by atoms with van der Waals surface area (Å²) in [6.45, 7) is 1.48. The van der Waals surface area contributed by atoms with Gasteiger partial charge < -0.3 is 10.6 Å². The fourth-order valence-corrected chi connectivity index (χ4v) is 3.61. The van der Waals surface area contributed by atoms with E-state index in [-0.39, 0.29) is 23.4 Å². The summed E-state index contributed by atoms with van der Waals surface area (Å²) in [5.74, 6) is 0.497. The Labute approximate surface area is 179 Å². The maximum absolute atomic E-state index is 12.3. The molecule has 0 atom stereocenters. The molecular weight excluding hydrogens is 396 g/mol. The zero-order valence-electron chi connectivity index (χ0n) is 16.6. The molecule has 0 aliphatic carbocycles. The van der Waals surface area contributed by atoms with Crippen LogP contribution < -0.4 is 10.6 Å². The van der Waals surface area contributed by atoms with Crippen LogP contribution in [0.15, 0.2) is 78.9 Å². The van der Waals surface area contributed by atoms with Gasteiger partial charge in [0.2, 0.25) is 5.91 Å². The predicted molar refractivity (Wildman–Crippen MR) is 122 cm³/mol. The van der Waals surface area contributed by atoms with Gasteiger partial charge in [0.05, 0.1) is 11.4 Å². The minimum absolute atomic E-state index is 0.0880. The van der Waals surface area contributed by atoms with Crippen molar-refractivity contribution in [2.45, 2.75) is 12.7 Å². The number of para-hydroxylation sites is 2. The second-order valence-electron chi connectivity index (χ2n) is 6.66. The highest BCUT2D eigenvalue weighted by atomic mass is 32.2. The number of hydrogen-bond donors (Lipinski definition) is 2. The Morgan fingerprint density at radius 2 is 1.47 bits per heavy atom. The van der Waals surface area contributed by atoms with Crippen LogP contribution in [0, 0.1) is 0 Å². The van der Waals surface area contributed by atoms with Crippen molar-refractivity contribution in [3.05, 3.63) is 95.6 Å².